The van der Waals surface area contributed by atoms with Crippen molar-refractivity contribution in [3.63, 3.8) is 0 Å². The Bertz CT molecular complexity index is 744. The summed E-state index contributed by atoms with van der Waals surface area (Å²) < 4.78 is 5.36. The molecule has 3 rings (SSSR count). The monoisotopic (exact) mass is 308 g/mol. The van der Waals surface area contributed by atoms with Crippen LogP contribution in [0.2, 0.25) is 0 Å². The standard InChI is InChI=1S/C21H24O2/c1-14-17-6-4-8-18(14)10-11-20-13-21(23-16(3)22)12-19(15(20)2)9-5-7-17/h4,6,8,12-13H,5,7,9-11H2,1-3H3. The van der Waals surface area contributed by atoms with Crippen molar-refractivity contribution < 1.29 is 9.53 Å². The molecule has 120 valence electrons. The van der Waals surface area contributed by atoms with Gasteiger partial charge in [-0.1, -0.05) is 18.2 Å². The van der Waals surface area contributed by atoms with Gasteiger partial charge in [0.2, 0.25) is 0 Å². The summed E-state index contributed by atoms with van der Waals surface area (Å²) in [5.41, 5.74) is 8.31. The van der Waals surface area contributed by atoms with E-state index in [-0.39, 0.29) is 5.97 Å². The average Bonchev–Trinajstić information content (AvgIpc) is 2.51. The SMILES string of the molecule is CC(=O)Oc1cc2c(C)c(c1)CCc1cccc(c1C)CCC2. The molecule has 1 aliphatic rings. The van der Waals surface area contributed by atoms with Crippen molar-refractivity contribution in [1.82, 2.24) is 0 Å². The van der Waals surface area contributed by atoms with Crippen molar-refractivity contribution in [3.8, 4) is 5.75 Å². The first-order valence-corrected chi connectivity index (χ1v) is 8.43. The van der Waals surface area contributed by atoms with E-state index in [1.165, 1.54) is 40.3 Å². The lowest BCUT2D eigenvalue weighted by atomic mass is 9.94. The third-order valence-electron chi connectivity index (χ3n) is 4.97. The van der Waals surface area contributed by atoms with Crippen LogP contribution in [0, 0.1) is 13.8 Å². The zero-order chi connectivity index (χ0) is 16.4. The lowest BCUT2D eigenvalue weighted by Gasteiger charge is -2.14. The van der Waals surface area contributed by atoms with Gasteiger partial charge in [-0.15, -0.1) is 0 Å². The molecule has 0 atom stereocenters. The molecule has 0 spiro atoms. The Balaban J connectivity index is 2.00. The van der Waals surface area contributed by atoms with Crippen LogP contribution in [0.3, 0.4) is 0 Å². The zero-order valence-electron chi connectivity index (χ0n) is 14.2. The summed E-state index contributed by atoms with van der Waals surface area (Å²) in [6.07, 6.45) is 5.26. The van der Waals surface area contributed by atoms with Gasteiger partial charge in [-0.2, -0.15) is 0 Å². The highest BCUT2D eigenvalue weighted by atomic mass is 16.5. The molecule has 0 aliphatic heterocycles. The lowest BCUT2D eigenvalue weighted by Crippen LogP contribution is -2.05. The second-order valence-electron chi connectivity index (χ2n) is 6.51. The van der Waals surface area contributed by atoms with Gasteiger partial charge in [0, 0.05) is 6.92 Å². The van der Waals surface area contributed by atoms with Crippen LogP contribution in [0.4, 0.5) is 0 Å². The van der Waals surface area contributed by atoms with E-state index in [0.29, 0.717) is 5.75 Å². The second kappa shape index (κ2) is 6.57. The molecule has 0 heterocycles. The third kappa shape index (κ3) is 3.47. The molecule has 2 nitrogen and oxygen atoms in total. The maximum atomic E-state index is 11.3. The second-order valence-corrected chi connectivity index (χ2v) is 6.51. The maximum absolute atomic E-state index is 11.3. The zero-order valence-corrected chi connectivity index (χ0v) is 14.2. The molecule has 2 heteroatoms. The molecule has 1 aliphatic carbocycles. The Hall–Kier alpha value is -2.09. The first kappa shape index (κ1) is 15.8. The molecule has 0 saturated heterocycles. The van der Waals surface area contributed by atoms with Crippen molar-refractivity contribution >= 4 is 5.97 Å². The normalized spacial score (nSPS) is 14.0. The predicted molar refractivity (Wildman–Crippen MR) is 93.1 cm³/mol. The van der Waals surface area contributed by atoms with Crippen LogP contribution in [-0.4, -0.2) is 5.97 Å². The van der Waals surface area contributed by atoms with Crippen LogP contribution in [0.15, 0.2) is 30.3 Å². The molecule has 0 saturated carbocycles. The molecule has 0 radical (unpaired) electrons. The fourth-order valence-corrected chi connectivity index (χ4v) is 3.57. The lowest BCUT2D eigenvalue weighted by molar-refractivity contribution is -0.131. The largest absolute Gasteiger partial charge is 0.427 e. The van der Waals surface area contributed by atoms with Crippen molar-refractivity contribution in [3.05, 3.63) is 63.7 Å². The number of rotatable bonds is 1. The number of hydrogen-bond acceptors (Lipinski definition) is 2. The molecule has 2 aromatic carbocycles. The topological polar surface area (TPSA) is 26.3 Å². The van der Waals surface area contributed by atoms with Gasteiger partial charge in [0.25, 0.3) is 0 Å². The average molecular weight is 308 g/mol. The molecule has 4 bridgehead atoms. The number of hydrogen-bond donors (Lipinski definition) is 0. The van der Waals surface area contributed by atoms with Crippen molar-refractivity contribution in [1.29, 1.82) is 0 Å². The van der Waals surface area contributed by atoms with E-state index in [4.69, 9.17) is 4.74 Å². The first-order valence-electron chi connectivity index (χ1n) is 8.43. The molecule has 23 heavy (non-hydrogen) atoms. The van der Waals surface area contributed by atoms with Crippen LogP contribution >= 0.6 is 0 Å². The molecule has 0 unspecified atom stereocenters. The van der Waals surface area contributed by atoms with Crippen molar-refractivity contribution in [2.75, 3.05) is 0 Å². The summed E-state index contributed by atoms with van der Waals surface area (Å²) in [5.74, 6) is 0.438. The van der Waals surface area contributed by atoms with E-state index < -0.39 is 0 Å². The van der Waals surface area contributed by atoms with E-state index in [9.17, 15) is 4.79 Å². The summed E-state index contributed by atoms with van der Waals surface area (Å²) in [7, 11) is 0. The van der Waals surface area contributed by atoms with Gasteiger partial charge in [-0.3, -0.25) is 4.79 Å². The van der Waals surface area contributed by atoms with Gasteiger partial charge in [0.15, 0.2) is 0 Å². The van der Waals surface area contributed by atoms with Gasteiger partial charge in [0.1, 0.15) is 5.75 Å². The van der Waals surface area contributed by atoms with Crippen LogP contribution in [-0.2, 0) is 30.5 Å². The number of carbonyl (C=O) groups is 1. The molecule has 0 amide bonds. The van der Waals surface area contributed by atoms with E-state index in [1.807, 2.05) is 12.1 Å². The number of aryl methyl sites for hydroxylation is 4. The van der Waals surface area contributed by atoms with Gasteiger partial charge in [0.05, 0.1) is 0 Å². The fraction of sp³-hybridized carbons (Fsp3) is 0.381. The van der Waals surface area contributed by atoms with Gasteiger partial charge < -0.3 is 4.74 Å². The van der Waals surface area contributed by atoms with E-state index in [1.54, 1.807) is 0 Å². The highest BCUT2D eigenvalue weighted by Gasteiger charge is 2.13. The van der Waals surface area contributed by atoms with Crippen LogP contribution < -0.4 is 4.74 Å². The maximum Gasteiger partial charge on any atom is 0.308 e. The molecule has 0 aromatic heterocycles. The minimum absolute atomic E-state index is 0.252. The van der Waals surface area contributed by atoms with E-state index >= 15 is 0 Å². The number of benzene rings is 2. The van der Waals surface area contributed by atoms with Crippen molar-refractivity contribution in [2.24, 2.45) is 0 Å². The first-order chi connectivity index (χ1) is 11.0. The minimum atomic E-state index is -0.252. The highest BCUT2D eigenvalue weighted by Crippen LogP contribution is 2.27. The number of fused-ring (bicyclic) bond motifs is 4. The van der Waals surface area contributed by atoms with E-state index in [0.717, 1.165) is 32.1 Å². The van der Waals surface area contributed by atoms with Crippen LogP contribution in [0.5, 0.6) is 5.75 Å². The Morgan fingerprint density at radius 1 is 0.870 bits per heavy atom. The Morgan fingerprint density at radius 2 is 1.39 bits per heavy atom. The number of ether oxygens (including phenoxy) is 1. The molecule has 0 fully saturated rings. The number of carbonyl (C=O) groups excluding carboxylic acids is 1. The Morgan fingerprint density at radius 3 is 2.09 bits per heavy atom. The summed E-state index contributed by atoms with van der Waals surface area (Å²) in [6, 6.07) is 10.8. The smallest absolute Gasteiger partial charge is 0.308 e. The Labute approximate surface area is 138 Å². The summed E-state index contributed by atoms with van der Waals surface area (Å²) in [6.45, 7) is 5.90. The van der Waals surface area contributed by atoms with Gasteiger partial charge in [-0.05, 0) is 91.5 Å². The van der Waals surface area contributed by atoms with Gasteiger partial charge >= 0.3 is 5.97 Å². The number of esters is 1. The summed E-state index contributed by atoms with van der Waals surface area (Å²) >= 11 is 0. The summed E-state index contributed by atoms with van der Waals surface area (Å²) in [4.78, 5) is 11.3. The van der Waals surface area contributed by atoms with Crippen LogP contribution in [0.1, 0.15) is 46.7 Å². The Kier molecular flexibility index (Phi) is 4.51. The van der Waals surface area contributed by atoms with Crippen molar-refractivity contribution in [2.45, 2.75) is 52.9 Å². The van der Waals surface area contributed by atoms with Crippen LogP contribution in [0.25, 0.3) is 0 Å². The minimum Gasteiger partial charge on any atom is -0.427 e. The van der Waals surface area contributed by atoms with E-state index in [2.05, 4.69) is 32.0 Å². The molecular formula is C21H24O2. The highest BCUT2D eigenvalue weighted by molar-refractivity contribution is 5.69. The fourth-order valence-electron chi connectivity index (χ4n) is 3.57. The molecule has 2 aromatic rings. The van der Waals surface area contributed by atoms with Gasteiger partial charge in [-0.25, -0.2) is 0 Å². The third-order valence-corrected chi connectivity index (χ3v) is 4.97. The predicted octanol–water partition coefficient (Wildman–Crippen LogP) is 4.50. The summed E-state index contributed by atoms with van der Waals surface area (Å²) in [5, 5.41) is 0. The quantitative estimate of drug-likeness (QED) is 0.572. The molecule has 0 N–H and O–H groups in total. The molecular weight excluding hydrogens is 284 g/mol.